The van der Waals surface area contributed by atoms with Crippen LogP contribution in [0.5, 0.6) is 0 Å². The highest BCUT2D eigenvalue weighted by atomic mass is 79.9. The molecule has 1 aromatic carbocycles. The Morgan fingerprint density at radius 1 is 1.26 bits per heavy atom. The lowest BCUT2D eigenvalue weighted by Crippen LogP contribution is -2.29. The zero-order chi connectivity index (χ0) is 13.7. The first kappa shape index (κ1) is 13.7. The van der Waals surface area contributed by atoms with Crippen LogP contribution in [0.4, 0.5) is 0 Å². The van der Waals surface area contributed by atoms with Gasteiger partial charge in [0.25, 0.3) is 5.91 Å². The highest BCUT2D eigenvalue weighted by molar-refractivity contribution is 9.10. The molecule has 0 radical (unpaired) electrons. The largest absolute Gasteiger partial charge is 0.349 e. The van der Waals surface area contributed by atoms with Gasteiger partial charge in [0.15, 0.2) is 0 Å². The Morgan fingerprint density at radius 2 is 1.89 bits per heavy atom. The number of halogens is 1. The third kappa shape index (κ3) is 3.86. The molecule has 0 fully saturated rings. The van der Waals surface area contributed by atoms with Crippen LogP contribution in [0.1, 0.15) is 29.0 Å². The number of aromatic nitrogens is 2. The highest BCUT2D eigenvalue weighted by Gasteiger charge is 2.11. The van der Waals surface area contributed by atoms with Crippen molar-refractivity contribution in [3.05, 3.63) is 58.6 Å². The van der Waals surface area contributed by atoms with Gasteiger partial charge >= 0.3 is 0 Å². The van der Waals surface area contributed by atoms with Crippen molar-refractivity contribution in [1.29, 1.82) is 0 Å². The number of amides is 1. The number of nitrogens with one attached hydrogen (secondary N) is 1. The molecule has 4 nitrogen and oxygen atoms in total. The molecule has 2 aromatic rings. The molecule has 2 rings (SSSR count). The van der Waals surface area contributed by atoms with Crippen LogP contribution in [0, 0.1) is 0 Å². The van der Waals surface area contributed by atoms with Crippen molar-refractivity contribution < 1.29 is 4.79 Å². The van der Waals surface area contributed by atoms with Crippen molar-refractivity contribution in [3.63, 3.8) is 0 Å². The standard InChI is InChI=1S/C14H14BrN3O/c1-10(11-5-3-2-4-6-11)7-18-14(19)13-16-8-12(15)9-17-13/h2-6,8-10H,7H2,1H3,(H,18,19). The molecule has 98 valence electrons. The van der Waals surface area contributed by atoms with Crippen molar-refractivity contribution in [2.75, 3.05) is 6.54 Å². The molecule has 0 aliphatic heterocycles. The summed E-state index contributed by atoms with van der Waals surface area (Å²) in [6, 6.07) is 10.1. The minimum absolute atomic E-state index is 0.184. The van der Waals surface area contributed by atoms with Crippen molar-refractivity contribution in [2.24, 2.45) is 0 Å². The predicted molar refractivity (Wildman–Crippen MR) is 76.9 cm³/mol. The lowest BCUT2D eigenvalue weighted by atomic mass is 10.0. The Kier molecular flexibility index (Phi) is 4.63. The fourth-order valence-electron chi connectivity index (χ4n) is 1.65. The molecule has 0 spiro atoms. The Morgan fingerprint density at radius 3 is 2.53 bits per heavy atom. The first-order valence-electron chi connectivity index (χ1n) is 5.97. The number of benzene rings is 1. The SMILES string of the molecule is CC(CNC(=O)c1ncc(Br)cn1)c1ccccc1. The van der Waals surface area contributed by atoms with Crippen LogP contribution in [0.2, 0.25) is 0 Å². The lowest BCUT2D eigenvalue weighted by Gasteiger charge is -2.12. The summed E-state index contributed by atoms with van der Waals surface area (Å²) in [6.45, 7) is 2.63. The number of carbonyl (C=O) groups is 1. The third-order valence-corrected chi connectivity index (χ3v) is 3.17. The van der Waals surface area contributed by atoms with E-state index in [1.165, 1.54) is 5.56 Å². The van der Waals surface area contributed by atoms with Crippen LogP contribution < -0.4 is 5.32 Å². The van der Waals surface area contributed by atoms with Gasteiger partial charge in [0.1, 0.15) is 0 Å². The molecule has 0 aliphatic rings. The molecule has 1 heterocycles. The van der Waals surface area contributed by atoms with Crippen molar-refractivity contribution in [3.8, 4) is 0 Å². The molecule has 0 aliphatic carbocycles. The van der Waals surface area contributed by atoms with E-state index in [-0.39, 0.29) is 17.6 Å². The maximum atomic E-state index is 11.8. The predicted octanol–water partition coefficient (Wildman–Crippen LogP) is 2.77. The summed E-state index contributed by atoms with van der Waals surface area (Å²) < 4.78 is 0.752. The van der Waals surface area contributed by atoms with E-state index >= 15 is 0 Å². The average Bonchev–Trinajstić information content (AvgIpc) is 2.46. The third-order valence-electron chi connectivity index (χ3n) is 2.76. The van der Waals surface area contributed by atoms with E-state index in [1.807, 2.05) is 30.3 Å². The fraction of sp³-hybridized carbons (Fsp3) is 0.214. The summed E-state index contributed by atoms with van der Waals surface area (Å²) in [5.74, 6) is 0.180. The van der Waals surface area contributed by atoms with E-state index in [0.29, 0.717) is 6.54 Å². The van der Waals surface area contributed by atoms with Crippen molar-refractivity contribution in [2.45, 2.75) is 12.8 Å². The van der Waals surface area contributed by atoms with E-state index < -0.39 is 0 Å². The number of hydrogen-bond acceptors (Lipinski definition) is 3. The van der Waals surface area contributed by atoms with Crippen LogP contribution in [0.3, 0.4) is 0 Å². The second-order valence-corrected chi connectivity index (χ2v) is 5.16. The zero-order valence-corrected chi connectivity index (χ0v) is 12.1. The highest BCUT2D eigenvalue weighted by Crippen LogP contribution is 2.13. The fourth-order valence-corrected chi connectivity index (χ4v) is 1.86. The van der Waals surface area contributed by atoms with Crippen LogP contribution in [0.25, 0.3) is 0 Å². The van der Waals surface area contributed by atoms with E-state index in [2.05, 4.69) is 38.1 Å². The van der Waals surface area contributed by atoms with Crippen molar-refractivity contribution in [1.82, 2.24) is 15.3 Å². The van der Waals surface area contributed by atoms with Gasteiger partial charge in [-0.3, -0.25) is 4.79 Å². The second kappa shape index (κ2) is 6.43. The molecule has 0 bridgehead atoms. The average molecular weight is 320 g/mol. The first-order valence-corrected chi connectivity index (χ1v) is 6.77. The molecule has 1 amide bonds. The Labute approximate surface area is 120 Å². The molecule has 19 heavy (non-hydrogen) atoms. The maximum Gasteiger partial charge on any atom is 0.289 e. The second-order valence-electron chi connectivity index (χ2n) is 4.25. The molecule has 0 saturated heterocycles. The first-order chi connectivity index (χ1) is 9.16. The Hall–Kier alpha value is -1.75. The number of carbonyl (C=O) groups excluding carboxylic acids is 1. The number of hydrogen-bond donors (Lipinski definition) is 1. The Bertz CT molecular complexity index is 542. The van der Waals surface area contributed by atoms with E-state index in [4.69, 9.17) is 0 Å². The smallest absolute Gasteiger partial charge is 0.289 e. The number of rotatable bonds is 4. The minimum atomic E-state index is -0.254. The van der Waals surface area contributed by atoms with E-state index in [9.17, 15) is 4.79 Å². The zero-order valence-electron chi connectivity index (χ0n) is 10.5. The molecule has 0 saturated carbocycles. The van der Waals surface area contributed by atoms with Gasteiger partial charge in [-0.1, -0.05) is 37.3 Å². The maximum absolute atomic E-state index is 11.8. The summed E-state index contributed by atoms with van der Waals surface area (Å²) in [5.41, 5.74) is 1.19. The molecule has 1 atom stereocenters. The van der Waals surface area contributed by atoms with E-state index in [1.54, 1.807) is 12.4 Å². The summed E-state index contributed by atoms with van der Waals surface area (Å²) in [4.78, 5) is 19.8. The molecular weight excluding hydrogens is 306 g/mol. The van der Waals surface area contributed by atoms with Crippen LogP contribution in [0.15, 0.2) is 47.2 Å². The van der Waals surface area contributed by atoms with Gasteiger partial charge in [-0.25, -0.2) is 9.97 Å². The van der Waals surface area contributed by atoms with E-state index in [0.717, 1.165) is 4.47 Å². The molecule has 5 heteroatoms. The van der Waals surface area contributed by atoms with Gasteiger partial charge in [-0.2, -0.15) is 0 Å². The molecule has 1 N–H and O–H groups in total. The van der Waals surface area contributed by atoms with Gasteiger partial charge in [-0.15, -0.1) is 0 Å². The topological polar surface area (TPSA) is 54.9 Å². The summed E-state index contributed by atoms with van der Waals surface area (Å²) in [6.07, 6.45) is 3.12. The van der Waals surface area contributed by atoms with Crippen molar-refractivity contribution >= 4 is 21.8 Å². The van der Waals surface area contributed by atoms with Crippen LogP contribution in [-0.2, 0) is 0 Å². The summed E-state index contributed by atoms with van der Waals surface area (Å²) in [7, 11) is 0. The minimum Gasteiger partial charge on any atom is -0.349 e. The van der Waals surface area contributed by atoms with Gasteiger partial charge < -0.3 is 5.32 Å². The van der Waals surface area contributed by atoms with Gasteiger partial charge in [0.05, 0.1) is 4.47 Å². The number of nitrogens with zero attached hydrogens (tertiary/aromatic N) is 2. The Balaban J connectivity index is 1.92. The van der Waals surface area contributed by atoms with Gasteiger partial charge in [0, 0.05) is 18.9 Å². The van der Waals surface area contributed by atoms with Crippen LogP contribution >= 0.6 is 15.9 Å². The molecular formula is C14H14BrN3O. The van der Waals surface area contributed by atoms with Gasteiger partial charge in [-0.05, 0) is 27.4 Å². The monoisotopic (exact) mass is 319 g/mol. The molecule has 1 unspecified atom stereocenters. The normalized spacial score (nSPS) is 11.9. The lowest BCUT2D eigenvalue weighted by molar-refractivity contribution is 0.0941. The molecule has 1 aromatic heterocycles. The quantitative estimate of drug-likeness (QED) is 0.942. The summed E-state index contributed by atoms with van der Waals surface area (Å²) >= 11 is 3.23. The van der Waals surface area contributed by atoms with Gasteiger partial charge in [0.2, 0.25) is 5.82 Å². The van der Waals surface area contributed by atoms with Crippen LogP contribution in [-0.4, -0.2) is 22.4 Å². The summed E-state index contributed by atoms with van der Waals surface area (Å²) in [5, 5.41) is 2.84.